The molecule has 1 fully saturated rings. The lowest BCUT2D eigenvalue weighted by Gasteiger charge is -2.43. The van der Waals surface area contributed by atoms with Crippen molar-refractivity contribution in [1.82, 2.24) is 0 Å². The summed E-state index contributed by atoms with van der Waals surface area (Å²) >= 11 is 0. The van der Waals surface area contributed by atoms with Gasteiger partial charge in [0.05, 0.1) is 24.4 Å². The topological polar surface area (TPSA) is 27.7 Å². The van der Waals surface area contributed by atoms with Gasteiger partial charge in [0.1, 0.15) is 0 Å². The van der Waals surface area contributed by atoms with E-state index in [4.69, 9.17) is 14.2 Å². The summed E-state index contributed by atoms with van der Waals surface area (Å²) in [4.78, 5) is 0. The van der Waals surface area contributed by atoms with Crippen molar-refractivity contribution in [2.75, 3.05) is 20.8 Å². The van der Waals surface area contributed by atoms with Crippen molar-refractivity contribution in [1.29, 1.82) is 0 Å². The monoisotopic (exact) mass is 264 g/mol. The minimum Gasteiger partial charge on any atom is -0.379 e. The average molecular weight is 264 g/mol. The molecule has 3 nitrogen and oxygen atoms in total. The van der Waals surface area contributed by atoms with Crippen molar-refractivity contribution in [3.63, 3.8) is 0 Å². The van der Waals surface area contributed by atoms with E-state index in [1.807, 2.05) is 6.07 Å². The van der Waals surface area contributed by atoms with E-state index < -0.39 is 0 Å². The molecule has 106 valence electrons. The summed E-state index contributed by atoms with van der Waals surface area (Å²) in [5.74, 6) is 0.321. The molecule has 1 aliphatic rings. The van der Waals surface area contributed by atoms with E-state index >= 15 is 0 Å². The van der Waals surface area contributed by atoms with Crippen LogP contribution in [0, 0.1) is 5.92 Å². The Balaban J connectivity index is 2.16. The molecule has 0 N–H and O–H groups in total. The Bertz CT molecular complexity index is 388. The molecular weight excluding hydrogens is 240 g/mol. The Kier molecular flexibility index (Phi) is 4.61. The van der Waals surface area contributed by atoms with Crippen LogP contribution >= 0.6 is 0 Å². The molecule has 1 aliphatic heterocycles. The molecule has 0 saturated carbocycles. The molecule has 0 bridgehead atoms. The summed E-state index contributed by atoms with van der Waals surface area (Å²) in [7, 11) is 3.51. The predicted octanol–water partition coefficient (Wildman–Crippen LogP) is 3.20. The maximum Gasteiger partial charge on any atom is 0.0861 e. The van der Waals surface area contributed by atoms with Crippen molar-refractivity contribution in [3.8, 4) is 0 Å². The molecule has 0 radical (unpaired) electrons. The maximum absolute atomic E-state index is 5.96. The third kappa shape index (κ3) is 3.16. The van der Waals surface area contributed by atoms with Crippen molar-refractivity contribution >= 4 is 0 Å². The van der Waals surface area contributed by atoms with Gasteiger partial charge >= 0.3 is 0 Å². The fourth-order valence-electron chi connectivity index (χ4n) is 2.79. The van der Waals surface area contributed by atoms with Crippen molar-refractivity contribution in [2.24, 2.45) is 5.92 Å². The number of methoxy groups -OCH3 is 2. The Morgan fingerprint density at radius 3 is 2.42 bits per heavy atom. The van der Waals surface area contributed by atoms with Crippen LogP contribution in [0.4, 0.5) is 0 Å². The molecule has 1 aromatic carbocycles. The molecule has 1 heterocycles. The Hall–Kier alpha value is -0.900. The number of rotatable bonds is 4. The number of benzene rings is 1. The van der Waals surface area contributed by atoms with Gasteiger partial charge in [-0.1, -0.05) is 30.3 Å². The van der Waals surface area contributed by atoms with Gasteiger partial charge in [0, 0.05) is 20.1 Å². The van der Waals surface area contributed by atoms with E-state index in [1.165, 1.54) is 5.56 Å². The lowest BCUT2D eigenvalue weighted by atomic mass is 9.79. The standard InChI is InChI=1S/C16H24O3/c1-16(2,18-4)13-10-14(19-11-15(13)17-3)12-8-6-5-7-9-12/h5-9,13-15H,10-11H2,1-4H3/t13-,14?,15+/m0/s1. The molecule has 0 aliphatic carbocycles. The molecule has 0 spiro atoms. The smallest absolute Gasteiger partial charge is 0.0861 e. The summed E-state index contributed by atoms with van der Waals surface area (Å²) < 4.78 is 17.2. The second-order valence-electron chi connectivity index (χ2n) is 5.66. The first-order valence-electron chi connectivity index (χ1n) is 6.83. The van der Waals surface area contributed by atoms with Gasteiger partial charge in [0.2, 0.25) is 0 Å². The number of hydrogen-bond donors (Lipinski definition) is 0. The highest BCUT2D eigenvalue weighted by atomic mass is 16.5. The Morgan fingerprint density at radius 1 is 1.16 bits per heavy atom. The van der Waals surface area contributed by atoms with Crippen LogP contribution in [-0.4, -0.2) is 32.5 Å². The highest BCUT2D eigenvalue weighted by Gasteiger charge is 2.41. The highest BCUT2D eigenvalue weighted by molar-refractivity contribution is 5.18. The van der Waals surface area contributed by atoms with E-state index in [0.29, 0.717) is 12.5 Å². The largest absolute Gasteiger partial charge is 0.379 e. The predicted molar refractivity (Wildman–Crippen MR) is 75.1 cm³/mol. The fraction of sp³-hybridized carbons (Fsp3) is 0.625. The minimum atomic E-state index is -0.211. The van der Waals surface area contributed by atoms with Gasteiger partial charge in [-0.3, -0.25) is 0 Å². The average Bonchev–Trinajstić information content (AvgIpc) is 2.47. The van der Waals surface area contributed by atoms with Gasteiger partial charge in [0.25, 0.3) is 0 Å². The van der Waals surface area contributed by atoms with Crippen LogP contribution in [-0.2, 0) is 14.2 Å². The Morgan fingerprint density at radius 2 is 1.84 bits per heavy atom. The summed E-state index contributed by atoms with van der Waals surface area (Å²) in [5.41, 5.74) is 1.02. The second-order valence-corrected chi connectivity index (χ2v) is 5.66. The summed E-state index contributed by atoms with van der Waals surface area (Å²) in [6, 6.07) is 10.4. The van der Waals surface area contributed by atoms with Crippen LogP contribution in [0.2, 0.25) is 0 Å². The van der Waals surface area contributed by atoms with E-state index in [9.17, 15) is 0 Å². The molecule has 1 aromatic rings. The van der Waals surface area contributed by atoms with Gasteiger partial charge in [-0.15, -0.1) is 0 Å². The van der Waals surface area contributed by atoms with Gasteiger partial charge in [0.15, 0.2) is 0 Å². The minimum absolute atomic E-state index is 0.0925. The molecule has 1 saturated heterocycles. The molecule has 0 aromatic heterocycles. The lowest BCUT2D eigenvalue weighted by molar-refractivity contribution is -0.164. The summed E-state index contributed by atoms with van der Waals surface area (Å²) in [6.07, 6.45) is 1.14. The first-order chi connectivity index (χ1) is 9.08. The zero-order valence-corrected chi connectivity index (χ0v) is 12.3. The van der Waals surface area contributed by atoms with Crippen LogP contribution in [0.25, 0.3) is 0 Å². The van der Waals surface area contributed by atoms with E-state index in [0.717, 1.165) is 6.42 Å². The molecule has 3 atom stereocenters. The molecule has 2 rings (SSSR count). The zero-order chi connectivity index (χ0) is 13.9. The third-order valence-corrected chi connectivity index (χ3v) is 4.27. The van der Waals surface area contributed by atoms with Crippen LogP contribution in [0.1, 0.15) is 31.9 Å². The van der Waals surface area contributed by atoms with E-state index in [1.54, 1.807) is 14.2 Å². The Labute approximate surface area is 115 Å². The van der Waals surface area contributed by atoms with Crippen LogP contribution < -0.4 is 0 Å². The van der Waals surface area contributed by atoms with Gasteiger partial charge in [-0.25, -0.2) is 0 Å². The van der Waals surface area contributed by atoms with Gasteiger partial charge in [-0.2, -0.15) is 0 Å². The molecule has 1 unspecified atom stereocenters. The van der Waals surface area contributed by atoms with Crippen molar-refractivity contribution in [2.45, 2.75) is 38.1 Å². The molecule has 19 heavy (non-hydrogen) atoms. The SMILES string of the molecule is CO[C@@H]1COC(c2ccccc2)C[C@@H]1C(C)(C)OC. The van der Waals surface area contributed by atoms with Crippen LogP contribution in [0.3, 0.4) is 0 Å². The normalized spacial score (nSPS) is 28.3. The fourth-order valence-corrected chi connectivity index (χ4v) is 2.79. The number of hydrogen-bond acceptors (Lipinski definition) is 3. The highest BCUT2D eigenvalue weighted by Crippen LogP contribution is 2.39. The summed E-state index contributed by atoms with van der Waals surface area (Å²) in [6.45, 7) is 4.86. The van der Waals surface area contributed by atoms with Crippen molar-refractivity contribution in [3.05, 3.63) is 35.9 Å². The molecule has 3 heteroatoms. The first kappa shape index (κ1) is 14.5. The van der Waals surface area contributed by atoms with Crippen molar-refractivity contribution < 1.29 is 14.2 Å². The first-order valence-corrected chi connectivity index (χ1v) is 6.83. The van der Waals surface area contributed by atoms with Crippen LogP contribution in [0.15, 0.2) is 30.3 Å². The summed E-state index contributed by atoms with van der Waals surface area (Å²) in [5, 5.41) is 0. The van der Waals surface area contributed by atoms with Gasteiger partial charge in [-0.05, 0) is 25.8 Å². The maximum atomic E-state index is 5.96. The van der Waals surface area contributed by atoms with Gasteiger partial charge < -0.3 is 14.2 Å². The molecule has 0 amide bonds. The molecular formula is C16H24O3. The number of ether oxygens (including phenoxy) is 3. The van der Waals surface area contributed by atoms with E-state index in [2.05, 4.69) is 38.1 Å². The van der Waals surface area contributed by atoms with E-state index in [-0.39, 0.29) is 17.8 Å². The third-order valence-electron chi connectivity index (χ3n) is 4.27. The van der Waals surface area contributed by atoms with Crippen LogP contribution in [0.5, 0.6) is 0 Å². The zero-order valence-electron chi connectivity index (χ0n) is 12.3. The lowest BCUT2D eigenvalue weighted by Crippen LogP contribution is -2.47. The second kappa shape index (κ2) is 6.04. The quantitative estimate of drug-likeness (QED) is 0.836.